The largest absolute Gasteiger partial charge is 0.465 e. The molecule has 1 aromatic carbocycles. The van der Waals surface area contributed by atoms with Crippen LogP contribution in [0.2, 0.25) is 0 Å². The number of ether oxygens (including phenoxy) is 1. The van der Waals surface area contributed by atoms with Crippen LogP contribution in [0.25, 0.3) is 0 Å². The predicted molar refractivity (Wildman–Crippen MR) is 45.9 cm³/mol. The molecular formula is C8H8ClNO2. The third-order valence-electron chi connectivity index (χ3n) is 1.21. The smallest absolute Gasteiger partial charge is 0.274 e. The predicted octanol–water partition coefficient (Wildman–Crippen LogP) is 1.12. The van der Waals surface area contributed by atoms with Gasteiger partial charge < -0.3 is 10.5 Å². The molecule has 0 saturated carbocycles. The lowest BCUT2D eigenvalue weighted by Crippen LogP contribution is -2.28. The molecule has 1 atom stereocenters. The molecule has 1 aromatic rings. The number of hydrogen-bond acceptors (Lipinski definition) is 2. The van der Waals surface area contributed by atoms with Crippen LogP contribution in [0.5, 0.6) is 5.75 Å². The average molecular weight is 186 g/mol. The molecule has 0 saturated heterocycles. The molecule has 0 radical (unpaired) electrons. The normalized spacial score (nSPS) is 12.1. The van der Waals surface area contributed by atoms with Crippen molar-refractivity contribution in [1.82, 2.24) is 0 Å². The highest BCUT2D eigenvalue weighted by Gasteiger charge is 2.11. The number of para-hydroxylation sites is 1. The Hall–Kier alpha value is -1.22. The third-order valence-corrected chi connectivity index (χ3v) is 1.51. The second-order valence-electron chi connectivity index (χ2n) is 2.15. The molecule has 0 spiro atoms. The van der Waals surface area contributed by atoms with Crippen LogP contribution < -0.4 is 10.5 Å². The Bertz CT molecular complexity index is 263. The van der Waals surface area contributed by atoms with Crippen molar-refractivity contribution in [2.75, 3.05) is 0 Å². The van der Waals surface area contributed by atoms with E-state index in [2.05, 4.69) is 0 Å². The summed E-state index contributed by atoms with van der Waals surface area (Å²) in [6, 6.07) is 8.77. The van der Waals surface area contributed by atoms with Crippen LogP contribution in [0, 0.1) is 0 Å². The monoisotopic (exact) mass is 185 g/mol. The Labute approximate surface area is 75.1 Å². The number of hydrogen-bond donors (Lipinski definition) is 1. The van der Waals surface area contributed by atoms with Crippen molar-refractivity contribution in [3.8, 4) is 5.75 Å². The Morgan fingerprint density at radius 1 is 1.42 bits per heavy atom. The molecule has 0 aromatic heterocycles. The standard InChI is InChI=1S/C8H8ClNO2/c9-7(8(10)11)12-6-4-2-1-3-5-6/h1-5,7H,(H2,10,11). The number of amides is 1. The summed E-state index contributed by atoms with van der Waals surface area (Å²) >= 11 is 5.45. The lowest BCUT2D eigenvalue weighted by molar-refractivity contribution is -0.121. The van der Waals surface area contributed by atoms with Crippen LogP contribution in [-0.4, -0.2) is 11.5 Å². The number of benzene rings is 1. The zero-order chi connectivity index (χ0) is 8.97. The van der Waals surface area contributed by atoms with Crippen molar-refractivity contribution >= 4 is 17.5 Å². The van der Waals surface area contributed by atoms with Gasteiger partial charge in [0.2, 0.25) is 5.56 Å². The summed E-state index contributed by atoms with van der Waals surface area (Å²) in [5.41, 5.74) is 3.78. The summed E-state index contributed by atoms with van der Waals surface area (Å²) in [7, 11) is 0. The molecule has 1 unspecified atom stereocenters. The maximum Gasteiger partial charge on any atom is 0.274 e. The number of carbonyl (C=O) groups excluding carboxylic acids is 1. The highest BCUT2D eigenvalue weighted by molar-refractivity contribution is 6.29. The van der Waals surface area contributed by atoms with Crippen LogP contribution in [0.3, 0.4) is 0 Å². The van der Waals surface area contributed by atoms with E-state index in [1.165, 1.54) is 0 Å². The Balaban J connectivity index is 2.58. The van der Waals surface area contributed by atoms with Gasteiger partial charge in [-0.3, -0.25) is 4.79 Å². The summed E-state index contributed by atoms with van der Waals surface area (Å²) in [5.74, 6) is -0.170. The maximum atomic E-state index is 10.5. The van der Waals surface area contributed by atoms with Crippen molar-refractivity contribution in [1.29, 1.82) is 0 Å². The number of alkyl halides is 1. The van der Waals surface area contributed by atoms with Gasteiger partial charge in [-0.05, 0) is 12.1 Å². The van der Waals surface area contributed by atoms with Crippen molar-refractivity contribution in [2.45, 2.75) is 5.56 Å². The van der Waals surface area contributed by atoms with Gasteiger partial charge in [0.15, 0.2) is 0 Å². The fraction of sp³-hybridized carbons (Fsp3) is 0.125. The molecule has 4 heteroatoms. The van der Waals surface area contributed by atoms with Crippen molar-refractivity contribution in [2.24, 2.45) is 5.73 Å². The quantitative estimate of drug-likeness (QED) is 0.718. The van der Waals surface area contributed by atoms with Crippen LogP contribution in [-0.2, 0) is 4.79 Å². The molecule has 0 aliphatic rings. The summed E-state index contributed by atoms with van der Waals surface area (Å²) in [6.07, 6.45) is 0. The van der Waals surface area contributed by atoms with E-state index in [1.54, 1.807) is 24.3 Å². The van der Waals surface area contributed by atoms with Crippen LogP contribution in [0.1, 0.15) is 0 Å². The number of carbonyl (C=O) groups is 1. The van der Waals surface area contributed by atoms with Gasteiger partial charge in [0, 0.05) is 0 Å². The van der Waals surface area contributed by atoms with Gasteiger partial charge in [0.05, 0.1) is 0 Å². The molecule has 2 N–H and O–H groups in total. The van der Waals surface area contributed by atoms with E-state index in [1.807, 2.05) is 6.07 Å². The zero-order valence-corrected chi connectivity index (χ0v) is 6.99. The molecule has 0 heterocycles. The topological polar surface area (TPSA) is 52.3 Å². The first-order chi connectivity index (χ1) is 5.70. The first-order valence-electron chi connectivity index (χ1n) is 3.35. The first kappa shape index (κ1) is 8.87. The molecule has 0 bridgehead atoms. The molecule has 12 heavy (non-hydrogen) atoms. The molecule has 0 aliphatic carbocycles. The Morgan fingerprint density at radius 2 is 2.00 bits per heavy atom. The summed E-state index contributed by atoms with van der Waals surface area (Å²) in [4.78, 5) is 10.5. The summed E-state index contributed by atoms with van der Waals surface area (Å²) in [5, 5.41) is 0. The lowest BCUT2D eigenvalue weighted by atomic mass is 10.3. The van der Waals surface area contributed by atoms with E-state index < -0.39 is 11.5 Å². The molecular weight excluding hydrogens is 178 g/mol. The van der Waals surface area contributed by atoms with Crippen LogP contribution in [0.15, 0.2) is 30.3 Å². The Morgan fingerprint density at radius 3 is 2.50 bits per heavy atom. The lowest BCUT2D eigenvalue weighted by Gasteiger charge is -2.07. The fourth-order valence-electron chi connectivity index (χ4n) is 0.677. The maximum absolute atomic E-state index is 10.5. The third kappa shape index (κ3) is 2.43. The van der Waals surface area contributed by atoms with E-state index in [4.69, 9.17) is 22.1 Å². The van der Waals surface area contributed by atoms with Crippen molar-refractivity contribution in [3.05, 3.63) is 30.3 Å². The van der Waals surface area contributed by atoms with Gasteiger partial charge in [0.1, 0.15) is 5.75 Å². The van der Waals surface area contributed by atoms with Crippen molar-refractivity contribution in [3.63, 3.8) is 0 Å². The molecule has 64 valence electrons. The van der Waals surface area contributed by atoms with Gasteiger partial charge in [0.25, 0.3) is 5.91 Å². The SMILES string of the molecule is NC(=O)C(Cl)Oc1ccccc1. The number of halogens is 1. The highest BCUT2D eigenvalue weighted by Crippen LogP contribution is 2.11. The number of nitrogens with two attached hydrogens (primary N) is 1. The highest BCUT2D eigenvalue weighted by atomic mass is 35.5. The van der Waals surface area contributed by atoms with E-state index in [0.717, 1.165) is 0 Å². The van der Waals surface area contributed by atoms with Gasteiger partial charge in [-0.1, -0.05) is 29.8 Å². The number of rotatable bonds is 3. The van der Waals surface area contributed by atoms with Crippen LogP contribution in [0.4, 0.5) is 0 Å². The van der Waals surface area contributed by atoms with Crippen molar-refractivity contribution < 1.29 is 9.53 Å². The molecule has 1 rings (SSSR count). The molecule has 0 fully saturated rings. The van der Waals surface area contributed by atoms with Gasteiger partial charge in [-0.25, -0.2) is 0 Å². The van der Waals surface area contributed by atoms with Gasteiger partial charge in [-0.15, -0.1) is 0 Å². The summed E-state index contributed by atoms with van der Waals surface area (Å²) < 4.78 is 4.97. The molecule has 1 amide bonds. The fourth-order valence-corrected chi connectivity index (χ4v) is 0.779. The van der Waals surface area contributed by atoms with E-state index >= 15 is 0 Å². The minimum atomic E-state index is -1.10. The molecule has 0 aliphatic heterocycles. The Kier molecular flexibility index (Phi) is 2.94. The minimum absolute atomic E-state index is 0.524. The summed E-state index contributed by atoms with van der Waals surface area (Å²) in [6.45, 7) is 0. The van der Waals surface area contributed by atoms with E-state index in [9.17, 15) is 4.79 Å². The zero-order valence-electron chi connectivity index (χ0n) is 6.24. The van der Waals surface area contributed by atoms with Crippen LogP contribution >= 0.6 is 11.6 Å². The molecule has 3 nitrogen and oxygen atoms in total. The average Bonchev–Trinajstić information content (AvgIpc) is 2.06. The minimum Gasteiger partial charge on any atom is -0.465 e. The van der Waals surface area contributed by atoms with Gasteiger partial charge in [-0.2, -0.15) is 0 Å². The van der Waals surface area contributed by atoms with Gasteiger partial charge >= 0.3 is 0 Å². The second kappa shape index (κ2) is 3.97. The van der Waals surface area contributed by atoms with E-state index in [-0.39, 0.29) is 0 Å². The number of primary amides is 1. The first-order valence-corrected chi connectivity index (χ1v) is 3.79. The van der Waals surface area contributed by atoms with E-state index in [0.29, 0.717) is 5.75 Å². The second-order valence-corrected chi connectivity index (χ2v) is 2.55.